The van der Waals surface area contributed by atoms with Crippen molar-refractivity contribution < 1.29 is 13.2 Å². The van der Waals surface area contributed by atoms with Crippen LogP contribution in [-0.4, -0.2) is 59.5 Å². The number of nitrogens with zero attached hydrogens (tertiary/aromatic N) is 4. The van der Waals surface area contributed by atoms with Gasteiger partial charge in [0.15, 0.2) is 0 Å². The molecule has 8 heteroatoms. The molecule has 1 aliphatic heterocycles. The number of sulfonamides is 1. The summed E-state index contributed by atoms with van der Waals surface area (Å²) in [7, 11) is -1.85. The van der Waals surface area contributed by atoms with Crippen LogP contribution in [0.15, 0.2) is 17.0 Å². The number of carbonyl (C=O) groups excluding carboxylic acids is 1. The van der Waals surface area contributed by atoms with Gasteiger partial charge in [-0.15, -0.1) is 0 Å². The molecule has 1 aromatic rings. The molecule has 26 heavy (non-hydrogen) atoms. The lowest BCUT2D eigenvalue weighted by Gasteiger charge is -2.27. The molecular formula is C18H28N4O3S. The lowest BCUT2D eigenvalue weighted by molar-refractivity contribution is -0.135. The Bertz CT molecular complexity index is 813. The van der Waals surface area contributed by atoms with E-state index in [9.17, 15) is 13.2 Å². The summed E-state index contributed by atoms with van der Waals surface area (Å²) in [6, 6.07) is 0. The monoisotopic (exact) mass is 380 g/mol. The van der Waals surface area contributed by atoms with Crippen molar-refractivity contribution in [2.75, 3.05) is 26.2 Å². The number of rotatable bonds is 3. The molecule has 1 aliphatic carbocycles. The van der Waals surface area contributed by atoms with Gasteiger partial charge in [-0.25, -0.2) is 8.42 Å². The second kappa shape index (κ2) is 7.52. The fourth-order valence-corrected chi connectivity index (χ4v) is 5.76. The highest BCUT2D eigenvalue weighted by Gasteiger charge is 2.33. The van der Waals surface area contributed by atoms with Gasteiger partial charge in [-0.1, -0.05) is 12.2 Å². The summed E-state index contributed by atoms with van der Waals surface area (Å²) in [4.78, 5) is 14.9. The average Bonchev–Trinajstić information content (AvgIpc) is 2.81. The standard InChI is InChI=1S/C18H28N4O3S/c1-14-17(15(2)20(3)19-14)26(24,25)22-11-7-10-21(12-13-22)18(23)16-8-5-4-6-9-16/h4-5,16H,6-13H2,1-3H3. The maximum Gasteiger partial charge on any atom is 0.246 e. The van der Waals surface area contributed by atoms with Crippen LogP contribution < -0.4 is 0 Å². The molecule has 1 fully saturated rings. The van der Waals surface area contributed by atoms with Crippen LogP contribution in [0.1, 0.15) is 37.1 Å². The van der Waals surface area contributed by atoms with Crippen molar-refractivity contribution in [3.8, 4) is 0 Å². The van der Waals surface area contributed by atoms with Crippen molar-refractivity contribution in [1.29, 1.82) is 0 Å². The molecule has 1 aromatic heterocycles. The Morgan fingerprint density at radius 2 is 1.92 bits per heavy atom. The number of hydrogen-bond donors (Lipinski definition) is 0. The van der Waals surface area contributed by atoms with Gasteiger partial charge in [0.25, 0.3) is 0 Å². The van der Waals surface area contributed by atoms with Crippen LogP contribution in [0.5, 0.6) is 0 Å². The molecule has 1 amide bonds. The Balaban J connectivity index is 1.73. The minimum absolute atomic E-state index is 0.0472. The molecule has 1 atom stereocenters. The van der Waals surface area contributed by atoms with Crippen LogP contribution in [0.4, 0.5) is 0 Å². The van der Waals surface area contributed by atoms with E-state index < -0.39 is 10.0 Å². The van der Waals surface area contributed by atoms with Crippen LogP contribution in [0.25, 0.3) is 0 Å². The topological polar surface area (TPSA) is 75.5 Å². The van der Waals surface area contributed by atoms with Gasteiger partial charge in [0.1, 0.15) is 4.90 Å². The Labute approximate surface area is 155 Å². The number of carbonyl (C=O) groups is 1. The molecule has 0 saturated carbocycles. The van der Waals surface area contributed by atoms with Gasteiger partial charge in [0, 0.05) is 39.1 Å². The van der Waals surface area contributed by atoms with Crippen LogP contribution in [0.3, 0.4) is 0 Å². The van der Waals surface area contributed by atoms with E-state index in [0.717, 1.165) is 19.3 Å². The molecule has 144 valence electrons. The third-order valence-corrected chi connectivity index (χ3v) is 7.58. The smallest absolute Gasteiger partial charge is 0.246 e. The van der Waals surface area contributed by atoms with Gasteiger partial charge < -0.3 is 4.90 Å². The van der Waals surface area contributed by atoms with Crippen molar-refractivity contribution in [1.82, 2.24) is 19.0 Å². The maximum absolute atomic E-state index is 13.1. The van der Waals surface area contributed by atoms with E-state index in [-0.39, 0.29) is 11.8 Å². The highest BCUT2D eigenvalue weighted by atomic mass is 32.2. The predicted octanol–water partition coefficient (Wildman–Crippen LogP) is 1.62. The Kier molecular flexibility index (Phi) is 5.53. The van der Waals surface area contributed by atoms with Crippen LogP contribution in [0, 0.1) is 19.8 Å². The molecular weight excluding hydrogens is 352 g/mol. The van der Waals surface area contributed by atoms with Crippen molar-refractivity contribution >= 4 is 15.9 Å². The summed E-state index contributed by atoms with van der Waals surface area (Å²) in [5.41, 5.74) is 1.17. The van der Waals surface area contributed by atoms with E-state index >= 15 is 0 Å². The van der Waals surface area contributed by atoms with Crippen molar-refractivity contribution in [3.63, 3.8) is 0 Å². The highest BCUT2D eigenvalue weighted by molar-refractivity contribution is 7.89. The third-order valence-electron chi connectivity index (χ3n) is 5.43. The summed E-state index contributed by atoms with van der Waals surface area (Å²) < 4.78 is 29.4. The minimum Gasteiger partial charge on any atom is -0.341 e. The lowest BCUT2D eigenvalue weighted by Crippen LogP contribution is -2.40. The molecule has 0 bridgehead atoms. The largest absolute Gasteiger partial charge is 0.341 e. The maximum atomic E-state index is 13.1. The van der Waals surface area contributed by atoms with Gasteiger partial charge in [0.2, 0.25) is 15.9 Å². The number of allylic oxidation sites excluding steroid dienone is 2. The first-order chi connectivity index (χ1) is 12.3. The lowest BCUT2D eigenvalue weighted by atomic mass is 9.93. The zero-order valence-corrected chi connectivity index (χ0v) is 16.6. The SMILES string of the molecule is Cc1nn(C)c(C)c1S(=O)(=O)N1CCCN(C(=O)C2CC=CCC2)CC1. The van der Waals surface area contributed by atoms with Crippen molar-refractivity contribution in [2.45, 2.75) is 44.4 Å². The first kappa shape index (κ1) is 19.1. The Hall–Kier alpha value is -1.67. The zero-order valence-electron chi connectivity index (χ0n) is 15.8. The minimum atomic E-state index is -3.60. The molecule has 1 unspecified atom stereocenters. The molecule has 0 spiro atoms. The van der Waals surface area contributed by atoms with E-state index in [1.807, 2.05) is 4.90 Å². The molecule has 0 N–H and O–H groups in total. The van der Waals surface area contributed by atoms with Gasteiger partial charge >= 0.3 is 0 Å². The fourth-order valence-electron chi connectivity index (χ4n) is 3.89. The van der Waals surface area contributed by atoms with Crippen molar-refractivity contribution in [3.05, 3.63) is 23.5 Å². The average molecular weight is 381 g/mol. The first-order valence-corrected chi connectivity index (χ1v) is 10.7. The Morgan fingerprint density at radius 3 is 2.54 bits per heavy atom. The zero-order chi connectivity index (χ0) is 18.9. The van der Waals surface area contributed by atoms with E-state index in [1.54, 1.807) is 25.6 Å². The van der Waals surface area contributed by atoms with Crippen LogP contribution in [-0.2, 0) is 21.9 Å². The fraction of sp³-hybridized carbons (Fsp3) is 0.667. The van der Waals surface area contributed by atoms with Gasteiger partial charge in [-0.3, -0.25) is 9.48 Å². The molecule has 0 radical (unpaired) electrons. The number of aromatic nitrogens is 2. The van der Waals surface area contributed by atoms with Crippen molar-refractivity contribution in [2.24, 2.45) is 13.0 Å². The van der Waals surface area contributed by atoms with E-state index in [0.29, 0.717) is 48.9 Å². The summed E-state index contributed by atoms with van der Waals surface area (Å²) in [5.74, 6) is 0.216. The first-order valence-electron chi connectivity index (χ1n) is 9.26. The summed E-state index contributed by atoms with van der Waals surface area (Å²) in [6.07, 6.45) is 7.50. The second-order valence-corrected chi connectivity index (χ2v) is 9.06. The summed E-state index contributed by atoms with van der Waals surface area (Å²) in [5, 5.41) is 4.24. The van der Waals surface area contributed by atoms with Gasteiger partial charge in [-0.2, -0.15) is 9.40 Å². The Morgan fingerprint density at radius 1 is 1.15 bits per heavy atom. The normalized spacial score (nSPS) is 22.4. The number of hydrogen-bond acceptors (Lipinski definition) is 4. The number of amides is 1. The molecule has 7 nitrogen and oxygen atoms in total. The molecule has 2 aliphatic rings. The van der Waals surface area contributed by atoms with Crippen LogP contribution in [0.2, 0.25) is 0 Å². The second-order valence-electron chi connectivity index (χ2n) is 7.19. The van der Waals surface area contributed by atoms with Gasteiger partial charge in [-0.05, 0) is 39.5 Å². The van der Waals surface area contributed by atoms with Gasteiger partial charge in [0.05, 0.1) is 11.4 Å². The molecule has 0 aromatic carbocycles. The predicted molar refractivity (Wildman–Crippen MR) is 99.1 cm³/mol. The third kappa shape index (κ3) is 3.57. The summed E-state index contributed by atoms with van der Waals surface area (Å²) >= 11 is 0. The molecule has 1 saturated heterocycles. The van der Waals surface area contributed by atoms with E-state index in [2.05, 4.69) is 17.3 Å². The van der Waals surface area contributed by atoms with E-state index in [1.165, 1.54) is 4.31 Å². The molecule has 2 heterocycles. The summed E-state index contributed by atoms with van der Waals surface area (Å²) in [6.45, 7) is 5.35. The molecule has 3 rings (SSSR count). The quantitative estimate of drug-likeness (QED) is 0.747. The number of aryl methyl sites for hydroxylation is 2. The van der Waals surface area contributed by atoms with E-state index in [4.69, 9.17) is 0 Å². The van der Waals surface area contributed by atoms with Crippen LogP contribution >= 0.6 is 0 Å². The highest BCUT2D eigenvalue weighted by Crippen LogP contribution is 2.25.